The molecule has 1 heterocycles. The lowest BCUT2D eigenvalue weighted by Crippen LogP contribution is -2.24. The van der Waals surface area contributed by atoms with Crippen molar-refractivity contribution in [3.63, 3.8) is 0 Å². The largest absolute Gasteiger partial charge is 0.368 e. The molecule has 0 fully saturated rings. The van der Waals surface area contributed by atoms with Crippen molar-refractivity contribution >= 4 is 5.91 Å². The molecular formula is C10H14N4O2. The molecule has 0 aliphatic rings. The number of nitrogens with two attached hydrogens (primary N) is 1. The lowest BCUT2D eigenvalue weighted by Gasteiger charge is -2.04. The highest BCUT2D eigenvalue weighted by atomic mass is 16.6. The molecule has 1 amide bonds. The van der Waals surface area contributed by atoms with Gasteiger partial charge >= 0.3 is 0 Å². The first-order chi connectivity index (χ1) is 7.56. The molecule has 0 saturated heterocycles. The fourth-order valence-corrected chi connectivity index (χ4v) is 1.30. The Bertz CT molecular complexity index is 431. The second-order valence-corrected chi connectivity index (χ2v) is 3.39. The van der Waals surface area contributed by atoms with Crippen molar-refractivity contribution in [3.05, 3.63) is 23.0 Å². The van der Waals surface area contributed by atoms with Gasteiger partial charge in [0.05, 0.1) is 0 Å². The maximum Gasteiger partial charge on any atom is 0.245 e. The highest BCUT2D eigenvalue weighted by molar-refractivity contribution is 5.74. The predicted molar refractivity (Wildman–Crippen MR) is 56.9 cm³/mol. The van der Waals surface area contributed by atoms with E-state index < -0.39 is 5.91 Å². The molecular weight excluding hydrogens is 208 g/mol. The van der Waals surface area contributed by atoms with Crippen LogP contribution in [0, 0.1) is 18.3 Å². The Morgan fingerprint density at radius 2 is 2.44 bits per heavy atom. The molecule has 0 unspecified atom stereocenters. The van der Waals surface area contributed by atoms with Gasteiger partial charge in [0.15, 0.2) is 0 Å². The van der Waals surface area contributed by atoms with Gasteiger partial charge in [-0.25, -0.2) is 0 Å². The van der Waals surface area contributed by atoms with Crippen LogP contribution >= 0.6 is 0 Å². The first-order valence-electron chi connectivity index (χ1n) is 4.74. The third-order valence-corrected chi connectivity index (χ3v) is 2.33. The fourth-order valence-electron chi connectivity index (χ4n) is 1.30. The smallest absolute Gasteiger partial charge is 0.245 e. The van der Waals surface area contributed by atoms with Crippen LogP contribution in [0.25, 0.3) is 0 Å². The molecule has 86 valence electrons. The molecule has 0 aliphatic carbocycles. The minimum Gasteiger partial charge on any atom is -0.368 e. The van der Waals surface area contributed by atoms with Crippen LogP contribution < -0.4 is 11.2 Å². The van der Waals surface area contributed by atoms with Gasteiger partial charge in [-0.2, -0.15) is 10.7 Å². The van der Waals surface area contributed by atoms with Gasteiger partial charge in [-0.05, 0) is 18.6 Å². The Balaban J connectivity index is 2.55. The number of nitrogens with one attached hydrogen (secondary N) is 1. The van der Waals surface area contributed by atoms with Crippen LogP contribution in [0.4, 0.5) is 0 Å². The molecule has 0 saturated carbocycles. The van der Waals surface area contributed by atoms with Gasteiger partial charge in [0.2, 0.25) is 5.91 Å². The number of carbonyl (C=O) groups excluding carboxylic acids is 1. The number of hydroxylamine groups is 1. The summed E-state index contributed by atoms with van der Waals surface area (Å²) < 4.78 is 1.80. The molecule has 16 heavy (non-hydrogen) atoms. The third kappa shape index (κ3) is 2.82. The van der Waals surface area contributed by atoms with E-state index in [4.69, 9.17) is 15.8 Å². The van der Waals surface area contributed by atoms with E-state index in [1.807, 2.05) is 14.0 Å². The minimum atomic E-state index is -0.532. The van der Waals surface area contributed by atoms with E-state index in [0.717, 1.165) is 11.3 Å². The quantitative estimate of drug-likeness (QED) is 0.529. The van der Waals surface area contributed by atoms with Crippen LogP contribution in [-0.2, 0) is 23.2 Å². The summed E-state index contributed by atoms with van der Waals surface area (Å²) in [7, 11) is 1.82. The Kier molecular flexibility index (Phi) is 4.05. The standard InChI is InChI=1S/C10H14N4O2/c1-7-8(3-9(4-11)14(7)2)5-13-16-6-10(12)15/h3,13H,5-6H2,1-2H3,(H2,12,15). The second-order valence-electron chi connectivity index (χ2n) is 3.39. The van der Waals surface area contributed by atoms with Gasteiger partial charge in [-0.3, -0.25) is 9.63 Å². The van der Waals surface area contributed by atoms with E-state index in [9.17, 15) is 4.79 Å². The summed E-state index contributed by atoms with van der Waals surface area (Å²) in [4.78, 5) is 15.2. The average molecular weight is 222 g/mol. The highest BCUT2D eigenvalue weighted by Gasteiger charge is 2.08. The first kappa shape index (κ1) is 12.2. The zero-order valence-electron chi connectivity index (χ0n) is 9.28. The molecule has 1 aromatic heterocycles. The number of carbonyl (C=O) groups is 1. The lowest BCUT2D eigenvalue weighted by molar-refractivity contribution is -0.125. The van der Waals surface area contributed by atoms with Crippen molar-refractivity contribution in [3.8, 4) is 6.07 Å². The summed E-state index contributed by atoms with van der Waals surface area (Å²) in [6.45, 7) is 2.16. The van der Waals surface area contributed by atoms with Gasteiger partial charge in [0, 0.05) is 19.3 Å². The Labute approximate surface area is 93.6 Å². The molecule has 0 radical (unpaired) electrons. The van der Waals surface area contributed by atoms with Gasteiger partial charge in [-0.15, -0.1) is 0 Å². The molecule has 0 bridgehead atoms. The molecule has 1 rings (SSSR count). The zero-order valence-corrected chi connectivity index (χ0v) is 9.28. The third-order valence-electron chi connectivity index (χ3n) is 2.33. The van der Waals surface area contributed by atoms with Crippen LogP contribution in [0.3, 0.4) is 0 Å². The molecule has 0 spiro atoms. The molecule has 1 aromatic rings. The van der Waals surface area contributed by atoms with E-state index in [0.29, 0.717) is 12.2 Å². The summed E-state index contributed by atoms with van der Waals surface area (Å²) in [5.41, 5.74) is 10.0. The van der Waals surface area contributed by atoms with Gasteiger partial charge in [0.25, 0.3) is 0 Å². The number of aromatic nitrogens is 1. The fraction of sp³-hybridized carbons (Fsp3) is 0.400. The van der Waals surface area contributed by atoms with Crippen molar-refractivity contribution in [1.29, 1.82) is 5.26 Å². The van der Waals surface area contributed by atoms with Crippen molar-refractivity contribution in [2.24, 2.45) is 12.8 Å². The minimum absolute atomic E-state index is 0.170. The van der Waals surface area contributed by atoms with Crippen LogP contribution in [0.5, 0.6) is 0 Å². The van der Waals surface area contributed by atoms with Crippen molar-refractivity contribution < 1.29 is 9.63 Å². The van der Waals surface area contributed by atoms with Crippen LogP contribution in [0.15, 0.2) is 6.07 Å². The SMILES string of the molecule is Cc1c(CNOCC(N)=O)cc(C#N)n1C. The summed E-state index contributed by atoms with van der Waals surface area (Å²) in [5.74, 6) is -0.532. The summed E-state index contributed by atoms with van der Waals surface area (Å²) >= 11 is 0. The topological polar surface area (TPSA) is 93.1 Å². The Morgan fingerprint density at radius 1 is 1.75 bits per heavy atom. The Hall–Kier alpha value is -1.84. The number of hydrogen-bond donors (Lipinski definition) is 2. The van der Waals surface area contributed by atoms with Gasteiger partial charge in [0.1, 0.15) is 18.4 Å². The van der Waals surface area contributed by atoms with E-state index in [2.05, 4.69) is 11.5 Å². The molecule has 0 aliphatic heterocycles. The highest BCUT2D eigenvalue weighted by Crippen LogP contribution is 2.12. The van der Waals surface area contributed by atoms with Crippen molar-refractivity contribution in [2.75, 3.05) is 6.61 Å². The normalized spacial score (nSPS) is 10.1. The second kappa shape index (κ2) is 5.30. The zero-order chi connectivity index (χ0) is 12.1. The first-order valence-corrected chi connectivity index (χ1v) is 4.74. The molecule has 6 heteroatoms. The van der Waals surface area contributed by atoms with Crippen LogP contribution in [0.1, 0.15) is 17.0 Å². The van der Waals surface area contributed by atoms with Crippen molar-refractivity contribution in [1.82, 2.24) is 10.0 Å². The predicted octanol–water partition coefficient (Wildman–Crippen LogP) is -0.288. The van der Waals surface area contributed by atoms with E-state index in [1.54, 1.807) is 10.6 Å². The van der Waals surface area contributed by atoms with Gasteiger partial charge in [-0.1, -0.05) is 0 Å². The molecule has 0 atom stereocenters. The Morgan fingerprint density at radius 3 is 2.94 bits per heavy atom. The summed E-state index contributed by atoms with van der Waals surface area (Å²) in [5, 5.41) is 8.82. The van der Waals surface area contributed by atoms with Crippen LogP contribution in [-0.4, -0.2) is 17.1 Å². The van der Waals surface area contributed by atoms with E-state index in [-0.39, 0.29) is 6.61 Å². The summed E-state index contributed by atoms with van der Waals surface area (Å²) in [6, 6.07) is 3.86. The average Bonchev–Trinajstić information content (AvgIpc) is 2.51. The maximum absolute atomic E-state index is 10.4. The number of hydrogen-bond acceptors (Lipinski definition) is 4. The van der Waals surface area contributed by atoms with Crippen molar-refractivity contribution in [2.45, 2.75) is 13.5 Å². The number of primary amides is 1. The molecule has 6 nitrogen and oxygen atoms in total. The molecule has 3 N–H and O–H groups in total. The van der Waals surface area contributed by atoms with Crippen LogP contribution in [0.2, 0.25) is 0 Å². The van der Waals surface area contributed by atoms with E-state index in [1.165, 1.54) is 0 Å². The summed E-state index contributed by atoms with van der Waals surface area (Å²) in [6.07, 6.45) is 0. The van der Waals surface area contributed by atoms with E-state index >= 15 is 0 Å². The maximum atomic E-state index is 10.4. The van der Waals surface area contributed by atoms with Gasteiger partial charge < -0.3 is 10.3 Å². The molecule has 0 aromatic carbocycles. The monoisotopic (exact) mass is 222 g/mol. The number of amides is 1. The number of nitriles is 1. The number of nitrogens with zero attached hydrogens (tertiary/aromatic N) is 2. The lowest BCUT2D eigenvalue weighted by atomic mass is 10.2. The number of rotatable bonds is 5.